The van der Waals surface area contributed by atoms with Gasteiger partial charge in [0.1, 0.15) is 5.76 Å². The quantitative estimate of drug-likeness (QED) is 0.453. The van der Waals surface area contributed by atoms with E-state index in [9.17, 15) is 9.32 Å². The summed E-state index contributed by atoms with van der Waals surface area (Å²) in [6.45, 7) is 3.95. The number of halogens is 1. The maximum absolute atomic E-state index is 13.4. The first-order valence-electron chi connectivity index (χ1n) is 11.3. The smallest absolute Gasteiger partial charge is 0.252 e. The molecule has 1 aliphatic carbocycles. The number of furan rings is 1. The van der Waals surface area contributed by atoms with Crippen LogP contribution in [-0.4, -0.2) is 26.2 Å². The van der Waals surface area contributed by atoms with Crippen LogP contribution in [0.3, 0.4) is 0 Å². The fourth-order valence-corrected chi connectivity index (χ4v) is 4.69. The van der Waals surface area contributed by atoms with E-state index in [0.29, 0.717) is 28.2 Å². The van der Waals surface area contributed by atoms with Crippen molar-refractivity contribution in [2.45, 2.75) is 57.4 Å². The van der Waals surface area contributed by atoms with Crippen molar-refractivity contribution in [2.75, 3.05) is 14.2 Å². The van der Waals surface area contributed by atoms with Gasteiger partial charge in [-0.05, 0) is 48.7 Å². The highest BCUT2D eigenvalue weighted by Crippen LogP contribution is 2.38. The monoisotopic (exact) mass is 455 g/mol. The van der Waals surface area contributed by atoms with Gasteiger partial charge in [0.15, 0.2) is 17.1 Å². The third-order valence-corrected chi connectivity index (χ3v) is 6.48. The van der Waals surface area contributed by atoms with E-state index in [1.807, 2.05) is 32.0 Å². The Labute approximate surface area is 192 Å². The Hall–Kier alpha value is -3.22. The van der Waals surface area contributed by atoms with Gasteiger partial charge in [-0.15, -0.1) is 0 Å². The van der Waals surface area contributed by atoms with Crippen LogP contribution in [0.15, 0.2) is 40.8 Å². The minimum atomic E-state index is -0.209. The minimum absolute atomic E-state index is 0.0330. The average molecular weight is 456 g/mol. The lowest BCUT2D eigenvalue weighted by atomic mass is 9.79. The molecule has 0 aliphatic heterocycles. The number of hydrogen-bond acceptors (Lipinski definition) is 5. The van der Waals surface area contributed by atoms with Crippen LogP contribution in [0.1, 0.15) is 73.0 Å². The molecule has 2 unspecified atom stereocenters. The number of ether oxygens (including phenoxy) is 2. The van der Waals surface area contributed by atoms with E-state index in [4.69, 9.17) is 13.9 Å². The number of nitrogens with one attached hydrogen (secondary N) is 1. The number of carbonyl (C=O) groups is 1. The van der Waals surface area contributed by atoms with E-state index in [0.717, 1.165) is 31.2 Å². The van der Waals surface area contributed by atoms with Crippen LogP contribution >= 0.6 is 0 Å². The Morgan fingerprint density at radius 2 is 1.76 bits per heavy atom. The molecular weight excluding hydrogens is 425 g/mol. The van der Waals surface area contributed by atoms with Gasteiger partial charge in [0.2, 0.25) is 5.75 Å². The van der Waals surface area contributed by atoms with Crippen molar-refractivity contribution in [3.63, 3.8) is 0 Å². The van der Waals surface area contributed by atoms with Crippen molar-refractivity contribution in [3.05, 3.63) is 53.3 Å². The van der Waals surface area contributed by atoms with E-state index >= 15 is 0 Å². The highest BCUT2D eigenvalue weighted by molar-refractivity contribution is 6.07. The SMILES string of the molecule is COc1ccc(C2CCCCC2NC(=O)c2ccc(OF)c3oc(C(C)C)cc23)cc1OC. The van der Waals surface area contributed by atoms with Gasteiger partial charge in [-0.1, -0.05) is 32.8 Å². The number of hydrogen-bond donors (Lipinski definition) is 1. The number of fused-ring (bicyclic) bond motifs is 1. The molecule has 0 bridgehead atoms. The molecule has 33 heavy (non-hydrogen) atoms. The highest BCUT2D eigenvalue weighted by Gasteiger charge is 2.30. The van der Waals surface area contributed by atoms with Crippen molar-refractivity contribution < 1.29 is 28.2 Å². The largest absolute Gasteiger partial charge is 0.493 e. The van der Waals surface area contributed by atoms with E-state index in [2.05, 4.69) is 10.3 Å². The molecule has 6 nitrogen and oxygen atoms in total. The second-order valence-corrected chi connectivity index (χ2v) is 8.82. The van der Waals surface area contributed by atoms with Crippen LogP contribution in [0, 0.1) is 0 Å². The molecule has 0 radical (unpaired) electrons. The van der Waals surface area contributed by atoms with Gasteiger partial charge in [-0.3, -0.25) is 9.74 Å². The van der Waals surface area contributed by atoms with Crippen LogP contribution in [0.5, 0.6) is 17.2 Å². The van der Waals surface area contributed by atoms with Crippen molar-refractivity contribution in [1.29, 1.82) is 0 Å². The number of methoxy groups -OCH3 is 2. The number of amides is 1. The second kappa shape index (κ2) is 9.73. The average Bonchev–Trinajstić information content (AvgIpc) is 3.29. The lowest BCUT2D eigenvalue weighted by molar-refractivity contribution is -0.00543. The summed E-state index contributed by atoms with van der Waals surface area (Å²) in [6, 6.07) is 10.7. The Kier molecular flexibility index (Phi) is 6.77. The molecular formula is C26H30FNO5. The van der Waals surface area contributed by atoms with Gasteiger partial charge >= 0.3 is 0 Å². The zero-order valence-electron chi connectivity index (χ0n) is 19.4. The van der Waals surface area contributed by atoms with Gasteiger partial charge in [0, 0.05) is 27.8 Å². The molecule has 1 aliphatic rings. The normalized spacial score (nSPS) is 18.4. The molecule has 1 heterocycles. The van der Waals surface area contributed by atoms with Gasteiger partial charge in [0.25, 0.3) is 5.91 Å². The maximum Gasteiger partial charge on any atom is 0.252 e. The fourth-order valence-electron chi connectivity index (χ4n) is 4.69. The third-order valence-electron chi connectivity index (χ3n) is 6.48. The Balaban J connectivity index is 1.64. The summed E-state index contributed by atoms with van der Waals surface area (Å²) in [5, 5.41) is 3.78. The van der Waals surface area contributed by atoms with Crippen LogP contribution < -0.4 is 19.7 Å². The first-order chi connectivity index (χ1) is 16.0. The van der Waals surface area contributed by atoms with Gasteiger partial charge in [-0.2, -0.15) is 0 Å². The van der Waals surface area contributed by atoms with Gasteiger partial charge < -0.3 is 19.2 Å². The summed E-state index contributed by atoms with van der Waals surface area (Å²) in [7, 11) is 3.23. The Morgan fingerprint density at radius 3 is 2.45 bits per heavy atom. The predicted molar refractivity (Wildman–Crippen MR) is 124 cm³/mol. The number of benzene rings is 2. The molecule has 1 aromatic heterocycles. The molecule has 176 valence electrons. The molecule has 2 aromatic carbocycles. The predicted octanol–water partition coefficient (Wildman–Crippen LogP) is 6.29. The number of rotatable bonds is 7. The fraction of sp³-hybridized carbons (Fsp3) is 0.423. The molecule has 1 saturated carbocycles. The topological polar surface area (TPSA) is 69.9 Å². The summed E-state index contributed by atoms with van der Waals surface area (Å²) in [5.41, 5.74) is 1.79. The Morgan fingerprint density at radius 1 is 1.03 bits per heavy atom. The lowest BCUT2D eigenvalue weighted by Crippen LogP contribution is -2.41. The maximum atomic E-state index is 13.4. The molecule has 3 aromatic rings. The zero-order chi connectivity index (χ0) is 23.5. The molecule has 4 rings (SSSR count). The van der Waals surface area contributed by atoms with E-state index in [1.54, 1.807) is 26.4 Å². The molecule has 0 saturated heterocycles. The van der Waals surface area contributed by atoms with Gasteiger partial charge in [-0.25, -0.2) is 0 Å². The van der Waals surface area contributed by atoms with Crippen molar-refractivity contribution >= 4 is 16.9 Å². The summed E-state index contributed by atoms with van der Waals surface area (Å²) in [5.74, 6) is 2.03. The summed E-state index contributed by atoms with van der Waals surface area (Å²) >= 11 is 0. The molecule has 2 atom stereocenters. The first kappa shape index (κ1) is 23.0. The van der Waals surface area contributed by atoms with Crippen LogP contribution in [-0.2, 0) is 0 Å². The van der Waals surface area contributed by atoms with E-state index < -0.39 is 0 Å². The second-order valence-electron chi connectivity index (χ2n) is 8.82. The summed E-state index contributed by atoms with van der Waals surface area (Å²) in [4.78, 5) is 17.3. The van der Waals surface area contributed by atoms with Crippen LogP contribution in [0.4, 0.5) is 4.53 Å². The van der Waals surface area contributed by atoms with Crippen LogP contribution in [0.25, 0.3) is 11.0 Å². The summed E-state index contributed by atoms with van der Waals surface area (Å²) in [6.07, 6.45) is 3.98. The molecule has 1 fully saturated rings. The Bertz CT molecular complexity index is 1140. The van der Waals surface area contributed by atoms with Crippen molar-refractivity contribution in [2.24, 2.45) is 0 Å². The van der Waals surface area contributed by atoms with Crippen LogP contribution in [0.2, 0.25) is 0 Å². The lowest BCUT2D eigenvalue weighted by Gasteiger charge is -2.33. The number of carbonyl (C=O) groups excluding carboxylic acids is 1. The summed E-state index contributed by atoms with van der Waals surface area (Å²) < 4.78 is 29.7. The standard InChI is InChI=1S/C26H30FNO5/c1-15(2)23-14-19-18(10-12-22(33-27)25(19)32-23)26(29)28-20-8-6-5-7-17(20)16-9-11-21(30-3)24(13-16)31-4/h9-15,17,20H,5-8H2,1-4H3,(H,28,29). The van der Waals surface area contributed by atoms with E-state index in [-0.39, 0.29) is 35.1 Å². The molecule has 7 heteroatoms. The van der Waals surface area contributed by atoms with Gasteiger partial charge in [0.05, 0.1) is 19.8 Å². The zero-order valence-corrected chi connectivity index (χ0v) is 19.4. The first-order valence-corrected chi connectivity index (χ1v) is 11.3. The highest BCUT2D eigenvalue weighted by atomic mass is 19.3. The van der Waals surface area contributed by atoms with Crippen molar-refractivity contribution in [3.8, 4) is 17.2 Å². The minimum Gasteiger partial charge on any atom is -0.493 e. The molecule has 1 amide bonds. The van der Waals surface area contributed by atoms with E-state index in [1.165, 1.54) is 6.07 Å². The van der Waals surface area contributed by atoms with Crippen molar-refractivity contribution in [1.82, 2.24) is 5.32 Å². The third kappa shape index (κ3) is 4.49. The molecule has 0 spiro atoms. The molecule has 1 N–H and O–H groups in total.